The van der Waals surface area contributed by atoms with Crippen LogP contribution in [0.4, 0.5) is 0 Å². The zero-order chi connectivity index (χ0) is 13.6. The Labute approximate surface area is 114 Å². The molecule has 104 valence electrons. The molecule has 0 radical (unpaired) electrons. The van der Waals surface area contributed by atoms with E-state index >= 15 is 0 Å². The van der Waals surface area contributed by atoms with Gasteiger partial charge >= 0.3 is 0 Å². The van der Waals surface area contributed by atoms with Crippen LogP contribution in [0.15, 0.2) is 0 Å². The number of terminal acetylenes is 1. The van der Waals surface area contributed by atoms with Crippen LogP contribution in [0, 0.1) is 18.3 Å². The SMILES string of the molecule is C#CCC(NCCC)C1(N(C)C)CCCC(C)C1. The summed E-state index contributed by atoms with van der Waals surface area (Å²) in [6.45, 7) is 5.66. The van der Waals surface area contributed by atoms with Gasteiger partial charge in [0.15, 0.2) is 0 Å². The highest BCUT2D eigenvalue weighted by atomic mass is 15.2. The second kappa shape index (κ2) is 7.16. The highest BCUT2D eigenvalue weighted by Crippen LogP contribution is 2.39. The van der Waals surface area contributed by atoms with E-state index in [1.54, 1.807) is 0 Å². The Morgan fingerprint density at radius 2 is 2.22 bits per heavy atom. The summed E-state index contributed by atoms with van der Waals surface area (Å²) in [7, 11) is 4.43. The van der Waals surface area contributed by atoms with E-state index in [2.05, 4.69) is 44.1 Å². The third-order valence-electron chi connectivity index (χ3n) is 4.51. The van der Waals surface area contributed by atoms with Crippen LogP contribution in [0.2, 0.25) is 0 Å². The third-order valence-corrected chi connectivity index (χ3v) is 4.51. The molecule has 0 heterocycles. The molecule has 1 aliphatic rings. The zero-order valence-electron chi connectivity index (χ0n) is 12.6. The van der Waals surface area contributed by atoms with Gasteiger partial charge in [0.1, 0.15) is 0 Å². The second-order valence-corrected chi connectivity index (χ2v) is 6.11. The molecule has 1 fully saturated rings. The molecule has 0 saturated heterocycles. The molecule has 1 N–H and O–H groups in total. The van der Waals surface area contributed by atoms with E-state index in [0.29, 0.717) is 6.04 Å². The Morgan fingerprint density at radius 3 is 2.72 bits per heavy atom. The second-order valence-electron chi connectivity index (χ2n) is 6.11. The van der Waals surface area contributed by atoms with Crippen LogP contribution in [0.1, 0.15) is 52.4 Å². The summed E-state index contributed by atoms with van der Waals surface area (Å²) >= 11 is 0. The maximum Gasteiger partial charge on any atom is 0.0368 e. The van der Waals surface area contributed by atoms with Crippen molar-refractivity contribution in [3.8, 4) is 12.3 Å². The van der Waals surface area contributed by atoms with Gasteiger partial charge in [-0.05, 0) is 45.8 Å². The molecule has 3 atom stereocenters. The van der Waals surface area contributed by atoms with Crippen molar-refractivity contribution in [2.24, 2.45) is 5.92 Å². The number of rotatable bonds is 6. The van der Waals surface area contributed by atoms with Crippen molar-refractivity contribution in [2.45, 2.75) is 64.0 Å². The molecular weight excluding hydrogens is 220 g/mol. The molecule has 1 saturated carbocycles. The smallest absolute Gasteiger partial charge is 0.0368 e. The fraction of sp³-hybridized carbons (Fsp3) is 0.875. The Bertz CT molecular complexity index is 279. The molecule has 0 aromatic carbocycles. The standard InChI is InChI=1S/C16H30N2/c1-6-9-15(17-12-7-2)16(18(4)5)11-8-10-14(3)13-16/h1,14-15,17H,7-13H2,2-5H3. The monoisotopic (exact) mass is 250 g/mol. The van der Waals surface area contributed by atoms with E-state index in [4.69, 9.17) is 6.42 Å². The molecule has 0 spiro atoms. The minimum absolute atomic E-state index is 0.249. The van der Waals surface area contributed by atoms with Gasteiger partial charge in [0.05, 0.1) is 0 Å². The highest BCUT2D eigenvalue weighted by Gasteiger charge is 2.42. The predicted octanol–water partition coefficient (Wildman–Crippen LogP) is 2.89. The Hall–Kier alpha value is -0.520. The Kier molecular flexibility index (Phi) is 6.18. The molecule has 0 aromatic heterocycles. The van der Waals surface area contributed by atoms with Gasteiger partial charge in [-0.25, -0.2) is 0 Å². The summed E-state index contributed by atoms with van der Waals surface area (Å²) in [5.41, 5.74) is 0.249. The van der Waals surface area contributed by atoms with Crippen molar-refractivity contribution in [1.29, 1.82) is 0 Å². The fourth-order valence-corrected chi connectivity index (χ4v) is 3.49. The summed E-state index contributed by atoms with van der Waals surface area (Å²) in [6, 6.07) is 0.431. The molecule has 1 aliphatic carbocycles. The van der Waals surface area contributed by atoms with Crippen LogP contribution < -0.4 is 5.32 Å². The van der Waals surface area contributed by atoms with Gasteiger partial charge < -0.3 is 10.2 Å². The molecule has 0 aromatic rings. The van der Waals surface area contributed by atoms with Crippen molar-refractivity contribution in [3.63, 3.8) is 0 Å². The lowest BCUT2D eigenvalue weighted by Gasteiger charge is -2.50. The predicted molar refractivity (Wildman–Crippen MR) is 79.6 cm³/mol. The van der Waals surface area contributed by atoms with Gasteiger partial charge in [0, 0.05) is 18.0 Å². The van der Waals surface area contributed by atoms with E-state index < -0.39 is 0 Å². The van der Waals surface area contributed by atoms with E-state index in [1.165, 1.54) is 32.1 Å². The van der Waals surface area contributed by atoms with Crippen LogP contribution in [0.5, 0.6) is 0 Å². The lowest BCUT2D eigenvalue weighted by Crippen LogP contribution is -2.61. The van der Waals surface area contributed by atoms with Crippen LogP contribution in [-0.2, 0) is 0 Å². The topological polar surface area (TPSA) is 15.3 Å². The van der Waals surface area contributed by atoms with Crippen molar-refractivity contribution in [1.82, 2.24) is 10.2 Å². The van der Waals surface area contributed by atoms with E-state index in [-0.39, 0.29) is 5.54 Å². The first-order chi connectivity index (χ1) is 8.56. The van der Waals surface area contributed by atoms with Gasteiger partial charge in [0.25, 0.3) is 0 Å². The normalized spacial score (nSPS) is 30.1. The summed E-state index contributed by atoms with van der Waals surface area (Å²) in [5.74, 6) is 3.69. The summed E-state index contributed by atoms with van der Waals surface area (Å²) in [4.78, 5) is 2.42. The van der Waals surface area contributed by atoms with Gasteiger partial charge in [0.2, 0.25) is 0 Å². The van der Waals surface area contributed by atoms with Crippen molar-refractivity contribution in [2.75, 3.05) is 20.6 Å². The minimum atomic E-state index is 0.249. The van der Waals surface area contributed by atoms with Gasteiger partial charge in [-0.1, -0.05) is 26.7 Å². The quantitative estimate of drug-likeness (QED) is 0.729. The average Bonchev–Trinajstić information content (AvgIpc) is 2.34. The van der Waals surface area contributed by atoms with Crippen molar-refractivity contribution in [3.05, 3.63) is 0 Å². The van der Waals surface area contributed by atoms with Crippen LogP contribution >= 0.6 is 0 Å². The van der Waals surface area contributed by atoms with Crippen LogP contribution in [-0.4, -0.2) is 37.1 Å². The maximum atomic E-state index is 5.59. The maximum absolute atomic E-state index is 5.59. The lowest BCUT2D eigenvalue weighted by molar-refractivity contribution is 0.0389. The molecule has 0 aliphatic heterocycles. The molecule has 1 rings (SSSR count). The number of nitrogens with one attached hydrogen (secondary N) is 1. The summed E-state index contributed by atoms with van der Waals surface area (Å²) in [5, 5.41) is 3.70. The van der Waals surface area contributed by atoms with Gasteiger partial charge in [-0.15, -0.1) is 12.3 Å². The molecular formula is C16H30N2. The lowest BCUT2D eigenvalue weighted by atomic mass is 9.70. The minimum Gasteiger partial charge on any atom is -0.311 e. The van der Waals surface area contributed by atoms with Gasteiger partial charge in [-0.3, -0.25) is 0 Å². The highest BCUT2D eigenvalue weighted by molar-refractivity contribution is 5.06. The van der Waals surface area contributed by atoms with Crippen LogP contribution in [0.3, 0.4) is 0 Å². The van der Waals surface area contributed by atoms with E-state index in [9.17, 15) is 0 Å². The first-order valence-corrected chi connectivity index (χ1v) is 7.41. The molecule has 2 heteroatoms. The largest absolute Gasteiger partial charge is 0.311 e. The third kappa shape index (κ3) is 3.49. The fourth-order valence-electron chi connectivity index (χ4n) is 3.49. The molecule has 2 nitrogen and oxygen atoms in total. The molecule has 18 heavy (non-hydrogen) atoms. The number of likely N-dealkylation sites (N-methyl/N-ethyl adjacent to an activating group) is 1. The van der Waals surface area contributed by atoms with Crippen molar-refractivity contribution >= 4 is 0 Å². The van der Waals surface area contributed by atoms with Crippen molar-refractivity contribution < 1.29 is 0 Å². The Morgan fingerprint density at radius 1 is 1.50 bits per heavy atom. The first kappa shape index (κ1) is 15.5. The summed E-state index contributed by atoms with van der Waals surface area (Å²) in [6.07, 6.45) is 12.8. The van der Waals surface area contributed by atoms with E-state index in [0.717, 1.165) is 18.9 Å². The average molecular weight is 250 g/mol. The van der Waals surface area contributed by atoms with Crippen LogP contribution in [0.25, 0.3) is 0 Å². The number of hydrogen-bond acceptors (Lipinski definition) is 2. The first-order valence-electron chi connectivity index (χ1n) is 7.41. The molecule has 3 unspecified atom stereocenters. The summed E-state index contributed by atoms with van der Waals surface area (Å²) < 4.78 is 0. The van der Waals surface area contributed by atoms with E-state index in [1.807, 2.05) is 0 Å². The Balaban J connectivity index is 2.87. The number of hydrogen-bond donors (Lipinski definition) is 1. The molecule has 0 bridgehead atoms. The zero-order valence-corrected chi connectivity index (χ0v) is 12.6. The number of nitrogens with zero attached hydrogens (tertiary/aromatic N) is 1. The molecule has 0 amide bonds. The van der Waals surface area contributed by atoms with Gasteiger partial charge in [-0.2, -0.15) is 0 Å².